The topological polar surface area (TPSA) is 42.0 Å². The predicted molar refractivity (Wildman–Crippen MR) is 85.7 cm³/mol. The summed E-state index contributed by atoms with van der Waals surface area (Å²) >= 11 is 5.87. The lowest BCUT2D eigenvalue weighted by Crippen LogP contribution is -2.23. The molecule has 0 saturated carbocycles. The third kappa shape index (κ3) is 4.30. The Hall–Kier alpha value is -1.87. The van der Waals surface area contributed by atoms with Crippen LogP contribution in [0, 0.1) is 6.92 Å². The summed E-state index contributed by atoms with van der Waals surface area (Å²) in [5.74, 6) is 0.367. The average Bonchev–Trinajstić information content (AvgIpc) is 2.44. The van der Waals surface area contributed by atoms with Crippen LogP contribution in [0.15, 0.2) is 36.4 Å². The van der Waals surface area contributed by atoms with E-state index in [1.807, 2.05) is 19.1 Å². The molecule has 2 aromatic rings. The van der Waals surface area contributed by atoms with E-state index in [0.717, 1.165) is 11.3 Å². The molecule has 0 aliphatic carbocycles. The molecule has 1 aromatic carbocycles. The van der Waals surface area contributed by atoms with Crippen molar-refractivity contribution in [3.8, 4) is 0 Å². The zero-order valence-electron chi connectivity index (χ0n) is 12.5. The van der Waals surface area contributed by atoms with E-state index < -0.39 is 0 Å². The smallest absolute Gasteiger partial charge is 0.251 e. The molecule has 2 rings (SSSR count). The third-order valence-electron chi connectivity index (χ3n) is 3.28. The Kier molecular flexibility index (Phi) is 4.97. The number of nitrogens with zero attached hydrogens (tertiary/aromatic N) is 1. The summed E-state index contributed by atoms with van der Waals surface area (Å²) in [6.07, 6.45) is 0. The van der Waals surface area contributed by atoms with Crippen molar-refractivity contribution >= 4 is 17.5 Å². The van der Waals surface area contributed by atoms with Gasteiger partial charge in [0.1, 0.15) is 5.15 Å². The Bertz CT molecular complexity index is 615. The third-order valence-corrected chi connectivity index (χ3v) is 3.48. The van der Waals surface area contributed by atoms with Gasteiger partial charge < -0.3 is 5.32 Å². The molecule has 0 bridgehead atoms. The van der Waals surface area contributed by atoms with E-state index in [4.69, 9.17) is 11.6 Å². The Labute approximate surface area is 130 Å². The quantitative estimate of drug-likeness (QED) is 0.864. The first-order chi connectivity index (χ1) is 9.95. The monoisotopic (exact) mass is 302 g/mol. The first-order valence-corrected chi connectivity index (χ1v) is 7.34. The summed E-state index contributed by atoms with van der Waals surface area (Å²) in [5.41, 5.74) is 3.63. The molecule has 1 N–H and O–H groups in total. The Balaban J connectivity index is 2.00. The van der Waals surface area contributed by atoms with E-state index in [-0.39, 0.29) is 5.91 Å². The molecular weight excluding hydrogens is 284 g/mol. The summed E-state index contributed by atoms with van der Waals surface area (Å²) in [7, 11) is 0. The van der Waals surface area contributed by atoms with E-state index in [1.165, 1.54) is 5.56 Å². The van der Waals surface area contributed by atoms with Gasteiger partial charge in [-0.2, -0.15) is 0 Å². The second kappa shape index (κ2) is 6.72. The van der Waals surface area contributed by atoms with Crippen molar-refractivity contribution in [1.82, 2.24) is 10.3 Å². The van der Waals surface area contributed by atoms with Crippen molar-refractivity contribution in [2.24, 2.45) is 0 Å². The molecule has 0 saturated heterocycles. The van der Waals surface area contributed by atoms with Crippen molar-refractivity contribution in [3.63, 3.8) is 0 Å². The maximum absolute atomic E-state index is 12.1. The van der Waals surface area contributed by atoms with Crippen molar-refractivity contribution < 1.29 is 4.79 Å². The number of carbonyl (C=O) groups is 1. The fourth-order valence-electron chi connectivity index (χ4n) is 2.06. The van der Waals surface area contributed by atoms with Crippen molar-refractivity contribution in [2.45, 2.75) is 33.2 Å². The SMILES string of the molecule is Cc1cc(C(=O)NCc2ccc(C(C)C)cc2)cc(Cl)n1. The first-order valence-electron chi connectivity index (χ1n) is 6.97. The molecule has 0 unspecified atom stereocenters. The van der Waals surface area contributed by atoms with Crippen LogP contribution in [-0.4, -0.2) is 10.9 Å². The number of rotatable bonds is 4. The van der Waals surface area contributed by atoms with Crippen LogP contribution in [0.4, 0.5) is 0 Å². The number of amides is 1. The lowest BCUT2D eigenvalue weighted by Gasteiger charge is -2.09. The number of nitrogens with one attached hydrogen (secondary N) is 1. The molecule has 0 aliphatic rings. The lowest BCUT2D eigenvalue weighted by molar-refractivity contribution is 0.0950. The highest BCUT2D eigenvalue weighted by atomic mass is 35.5. The molecular formula is C17H19ClN2O. The van der Waals surface area contributed by atoms with Gasteiger partial charge >= 0.3 is 0 Å². The molecule has 1 aromatic heterocycles. The van der Waals surface area contributed by atoms with Crippen LogP contribution < -0.4 is 5.32 Å². The van der Waals surface area contributed by atoms with Gasteiger partial charge in [-0.15, -0.1) is 0 Å². The molecule has 1 amide bonds. The van der Waals surface area contributed by atoms with Crippen LogP contribution in [0.3, 0.4) is 0 Å². The predicted octanol–water partition coefficient (Wildman–Crippen LogP) is 4.10. The fourth-order valence-corrected chi connectivity index (χ4v) is 2.31. The van der Waals surface area contributed by atoms with Gasteiger partial charge in [0.2, 0.25) is 0 Å². The van der Waals surface area contributed by atoms with Gasteiger partial charge in [-0.3, -0.25) is 4.79 Å². The maximum atomic E-state index is 12.1. The summed E-state index contributed by atoms with van der Waals surface area (Å²) in [6.45, 7) is 6.63. The van der Waals surface area contributed by atoms with Gasteiger partial charge in [0, 0.05) is 17.8 Å². The number of hydrogen-bond acceptors (Lipinski definition) is 2. The number of pyridine rings is 1. The molecule has 0 atom stereocenters. The Morgan fingerprint density at radius 2 is 1.90 bits per heavy atom. The van der Waals surface area contributed by atoms with Crippen LogP contribution in [0.5, 0.6) is 0 Å². The number of hydrogen-bond donors (Lipinski definition) is 1. The van der Waals surface area contributed by atoms with E-state index in [0.29, 0.717) is 23.2 Å². The van der Waals surface area contributed by atoms with Crippen molar-refractivity contribution in [3.05, 3.63) is 63.9 Å². The Morgan fingerprint density at radius 3 is 2.48 bits per heavy atom. The largest absolute Gasteiger partial charge is 0.348 e. The van der Waals surface area contributed by atoms with Gasteiger partial charge in [-0.25, -0.2) is 4.98 Å². The van der Waals surface area contributed by atoms with Crippen molar-refractivity contribution in [2.75, 3.05) is 0 Å². The number of aromatic nitrogens is 1. The van der Waals surface area contributed by atoms with Crippen LogP contribution >= 0.6 is 11.6 Å². The lowest BCUT2D eigenvalue weighted by atomic mass is 10.0. The van der Waals surface area contributed by atoms with Crippen molar-refractivity contribution in [1.29, 1.82) is 0 Å². The minimum Gasteiger partial charge on any atom is -0.348 e. The van der Waals surface area contributed by atoms with Gasteiger partial charge in [-0.05, 0) is 36.1 Å². The molecule has 0 aliphatic heterocycles. The second-order valence-electron chi connectivity index (χ2n) is 5.40. The minimum absolute atomic E-state index is 0.143. The van der Waals surface area contributed by atoms with Gasteiger partial charge in [0.25, 0.3) is 5.91 Å². The molecule has 1 heterocycles. The van der Waals surface area contributed by atoms with Gasteiger partial charge in [0.15, 0.2) is 0 Å². The number of halogens is 1. The number of aryl methyl sites for hydroxylation is 1. The molecule has 0 spiro atoms. The fraction of sp³-hybridized carbons (Fsp3) is 0.294. The zero-order valence-corrected chi connectivity index (χ0v) is 13.2. The highest BCUT2D eigenvalue weighted by Crippen LogP contribution is 2.15. The molecule has 4 heteroatoms. The summed E-state index contributed by atoms with van der Waals surface area (Å²) in [6, 6.07) is 11.6. The average molecular weight is 303 g/mol. The summed E-state index contributed by atoms with van der Waals surface area (Å²) in [5, 5.41) is 3.23. The highest BCUT2D eigenvalue weighted by molar-refractivity contribution is 6.29. The second-order valence-corrected chi connectivity index (χ2v) is 5.79. The molecule has 21 heavy (non-hydrogen) atoms. The van der Waals surface area contributed by atoms with E-state index >= 15 is 0 Å². The normalized spacial score (nSPS) is 10.7. The van der Waals surface area contributed by atoms with Gasteiger partial charge in [0.05, 0.1) is 0 Å². The maximum Gasteiger partial charge on any atom is 0.251 e. The summed E-state index contributed by atoms with van der Waals surface area (Å²) in [4.78, 5) is 16.1. The van der Waals surface area contributed by atoms with Gasteiger partial charge in [-0.1, -0.05) is 49.7 Å². The first kappa shape index (κ1) is 15.5. The molecule has 0 fully saturated rings. The number of benzene rings is 1. The zero-order chi connectivity index (χ0) is 15.4. The van der Waals surface area contributed by atoms with E-state index in [1.54, 1.807) is 12.1 Å². The molecule has 3 nitrogen and oxygen atoms in total. The van der Waals surface area contributed by atoms with Crippen LogP contribution in [-0.2, 0) is 6.54 Å². The van der Waals surface area contributed by atoms with E-state index in [2.05, 4.69) is 36.3 Å². The van der Waals surface area contributed by atoms with Crippen LogP contribution in [0.25, 0.3) is 0 Å². The number of carbonyl (C=O) groups excluding carboxylic acids is 1. The Morgan fingerprint density at radius 1 is 1.24 bits per heavy atom. The minimum atomic E-state index is -0.143. The van der Waals surface area contributed by atoms with Crippen LogP contribution in [0.2, 0.25) is 5.15 Å². The molecule has 0 radical (unpaired) electrons. The van der Waals surface area contributed by atoms with Crippen LogP contribution in [0.1, 0.15) is 46.9 Å². The standard InChI is InChI=1S/C17H19ClN2O/c1-11(2)14-6-4-13(5-7-14)10-19-17(21)15-8-12(3)20-16(18)9-15/h4-9,11H,10H2,1-3H3,(H,19,21). The van der Waals surface area contributed by atoms with E-state index in [9.17, 15) is 4.79 Å². The highest BCUT2D eigenvalue weighted by Gasteiger charge is 2.08. The summed E-state index contributed by atoms with van der Waals surface area (Å²) < 4.78 is 0. The molecule has 110 valence electrons.